The molecule has 0 aromatic heterocycles. The van der Waals surface area contributed by atoms with E-state index >= 15 is 0 Å². The molecule has 1 aromatic carbocycles. The van der Waals surface area contributed by atoms with E-state index in [1.54, 1.807) is 7.05 Å². The van der Waals surface area contributed by atoms with Crippen molar-refractivity contribution in [2.75, 3.05) is 26.7 Å². The number of rotatable bonds is 3. The number of halogens is 1. The van der Waals surface area contributed by atoms with E-state index < -0.39 is 0 Å². The second-order valence-electron chi connectivity index (χ2n) is 4.70. The summed E-state index contributed by atoms with van der Waals surface area (Å²) in [5, 5.41) is 2.91. The van der Waals surface area contributed by atoms with Crippen molar-refractivity contribution in [2.45, 2.75) is 19.1 Å². The van der Waals surface area contributed by atoms with Crippen LogP contribution in [0.1, 0.15) is 18.6 Å². The zero-order chi connectivity index (χ0) is 13.8. The molecule has 1 N–H and O–H groups in total. The molecule has 0 saturated carbocycles. The van der Waals surface area contributed by atoms with Crippen molar-refractivity contribution < 1.29 is 9.53 Å². The highest BCUT2D eigenvalue weighted by Crippen LogP contribution is 2.29. The third-order valence-corrected chi connectivity index (χ3v) is 3.93. The van der Waals surface area contributed by atoms with Crippen molar-refractivity contribution in [3.8, 4) is 0 Å². The van der Waals surface area contributed by atoms with Crippen molar-refractivity contribution >= 4 is 21.8 Å². The van der Waals surface area contributed by atoms with Crippen molar-refractivity contribution in [2.24, 2.45) is 0 Å². The molecule has 1 amide bonds. The van der Waals surface area contributed by atoms with E-state index in [2.05, 4.69) is 21.2 Å². The van der Waals surface area contributed by atoms with E-state index in [1.807, 2.05) is 36.1 Å². The lowest BCUT2D eigenvalue weighted by Crippen LogP contribution is -2.50. The van der Waals surface area contributed by atoms with Crippen LogP contribution < -0.4 is 5.32 Å². The Kier molecular flexibility index (Phi) is 4.96. The molecule has 0 bridgehead atoms. The van der Waals surface area contributed by atoms with Crippen LogP contribution in [0.15, 0.2) is 28.7 Å². The highest BCUT2D eigenvalue weighted by Gasteiger charge is 2.32. The lowest BCUT2D eigenvalue weighted by molar-refractivity contribution is -0.144. The quantitative estimate of drug-likeness (QED) is 0.923. The molecule has 4 nitrogen and oxygen atoms in total. The number of morpholine rings is 1. The van der Waals surface area contributed by atoms with Gasteiger partial charge >= 0.3 is 0 Å². The van der Waals surface area contributed by atoms with E-state index in [1.165, 1.54) is 0 Å². The first-order chi connectivity index (χ1) is 9.13. The van der Waals surface area contributed by atoms with Crippen molar-refractivity contribution in [3.63, 3.8) is 0 Å². The predicted molar refractivity (Wildman–Crippen MR) is 77.9 cm³/mol. The summed E-state index contributed by atoms with van der Waals surface area (Å²) in [7, 11) is 1.79. The molecule has 1 aromatic rings. The van der Waals surface area contributed by atoms with Crippen molar-refractivity contribution in [1.29, 1.82) is 0 Å². The van der Waals surface area contributed by atoms with Gasteiger partial charge in [0.2, 0.25) is 5.91 Å². The number of nitrogens with zero attached hydrogens (tertiary/aromatic N) is 1. The normalized spacial score (nSPS) is 23.4. The maximum atomic E-state index is 12.0. The van der Waals surface area contributed by atoms with E-state index in [-0.39, 0.29) is 18.1 Å². The number of nitrogens with one attached hydrogen (secondary N) is 1. The molecule has 1 aliphatic rings. The minimum absolute atomic E-state index is 0.0516. The van der Waals surface area contributed by atoms with Gasteiger partial charge < -0.3 is 15.0 Å². The molecule has 1 fully saturated rings. The fourth-order valence-electron chi connectivity index (χ4n) is 2.42. The largest absolute Gasteiger partial charge is 0.370 e. The Hall–Kier alpha value is -0.910. The first-order valence-corrected chi connectivity index (χ1v) is 7.24. The molecular weight excluding hydrogens is 308 g/mol. The van der Waals surface area contributed by atoms with Gasteiger partial charge in [-0.05, 0) is 31.7 Å². The number of ether oxygens (including phenoxy) is 1. The topological polar surface area (TPSA) is 41.6 Å². The highest BCUT2D eigenvalue weighted by molar-refractivity contribution is 9.10. The summed E-state index contributed by atoms with van der Waals surface area (Å²) in [4.78, 5) is 13.9. The van der Waals surface area contributed by atoms with Crippen LogP contribution in [-0.2, 0) is 9.53 Å². The maximum absolute atomic E-state index is 12.0. The van der Waals surface area contributed by atoms with Crippen LogP contribution in [-0.4, -0.2) is 43.6 Å². The van der Waals surface area contributed by atoms with E-state index in [9.17, 15) is 4.79 Å². The van der Waals surface area contributed by atoms with Gasteiger partial charge in [-0.1, -0.05) is 28.1 Å². The highest BCUT2D eigenvalue weighted by atomic mass is 79.9. The Labute approximate surface area is 122 Å². The molecule has 1 heterocycles. The van der Waals surface area contributed by atoms with Gasteiger partial charge in [-0.25, -0.2) is 0 Å². The van der Waals surface area contributed by atoms with E-state index in [0.29, 0.717) is 19.7 Å². The Balaban J connectivity index is 2.13. The number of likely N-dealkylation sites (N-methyl/N-ethyl adjacent to an activating group) is 1. The third-order valence-electron chi connectivity index (χ3n) is 3.41. The Morgan fingerprint density at radius 3 is 2.79 bits per heavy atom. The molecule has 104 valence electrons. The average Bonchev–Trinajstić information content (AvgIpc) is 2.40. The Morgan fingerprint density at radius 2 is 2.16 bits per heavy atom. The zero-order valence-corrected chi connectivity index (χ0v) is 12.8. The molecule has 1 aliphatic heterocycles. The zero-order valence-electron chi connectivity index (χ0n) is 11.2. The van der Waals surface area contributed by atoms with Gasteiger partial charge in [0.1, 0.15) is 6.10 Å². The van der Waals surface area contributed by atoms with Crippen LogP contribution in [0.4, 0.5) is 0 Å². The van der Waals surface area contributed by atoms with Gasteiger partial charge in [0.25, 0.3) is 0 Å². The van der Waals surface area contributed by atoms with E-state index in [4.69, 9.17) is 4.74 Å². The molecule has 0 spiro atoms. The van der Waals surface area contributed by atoms with Gasteiger partial charge in [-0.3, -0.25) is 4.79 Å². The lowest BCUT2D eigenvalue weighted by Gasteiger charge is -2.39. The number of amides is 1. The summed E-state index contributed by atoms with van der Waals surface area (Å²) in [5.74, 6) is 0.125. The Bertz CT molecular complexity index is 436. The Morgan fingerprint density at radius 1 is 1.47 bits per heavy atom. The van der Waals surface area contributed by atoms with Crippen LogP contribution in [0, 0.1) is 0 Å². The summed E-state index contributed by atoms with van der Waals surface area (Å²) >= 11 is 3.43. The number of carbonyl (C=O) groups excluding carboxylic acids is 1. The molecule has 2 rings (SSSR count). The van der Waals surface area contributed by atoms with Crippen molar-refractivity contribution in [1.82, 2.24) is 10.2 Å². The fraction of sp³-hybridized carbons (Fsp3) is 0.500. The second kappa shape index (κ2) is 6.50. The predicted octanol–water partition coefficient (Wildman–Crippen LogP) is 1.96. The monoisotopic (exact) mass is 326 g/mol. The third kappa shape index (κ3) is 3.35. The molecule has 0 aliphatic carbocycles. The fourth-order valence-corrected chi connectivity index (χ4v) is 2.68. The molecule has 5 heteroatoms. The number of hydrogen-bond acceptors (Lipinski definition) is 3. The summed E-state index contributed by atoms with van der Waals surface area (Å²) in [6.07, 6.45) is -0.0531. The molecular formula is C14H19BrN2O2. The molecule has 1 saturated heterocycles. The first-order valence-electron chi connectivity index (χ1n) is 6.44. The van der Waals surface area contributed by atoms with Gasteiger partial charge in [-0.2, -0.15) is 0 Å². The van der Waals surface area contributed by atoms with Gasteiger partial charge in [-0.15, -0.1) is 0 Å². The number of carbonyl (C=O) groups is 1. The van der Waals surface area contributed by atoms with Gasteiger partial charge in [0.05, 0.1) is 19.2 Å². The SMILES string of the molecule is CNCC(=O)N1CCOC(c2ccc(Br)cc2)C1C. The van der Waals surface area contributed by atoms with E-state index in [0.717, 1.165) is 10.0 Å². The average molecular weight is 327 g/mol. The number of hydrogen-bond donors (Lipinski definition) is 1. The van der Waals surface area contributed by atoms with Crippen LogP contribution in [0.3, 0.4) is 0 Å². The number of benzene rings is 1. The summed E-state index contributed by atoms with van der Waals surface area (Å²) in [6.45, 7) is 3.66. The minimum Gasteiger partial charge on any atom is -0.370 e. The maximum Gasteiger partial charge on any atom is 0.236 e. The van der Waals surface area contributed by atoms with Crippen LogP contribution in [0.2, 0.25) is 0 Å². The summed E-state index contributed by atoms with van der Waals surface area (Å²) < 4.78 is 6.89. The molecule has 2 unspecified atom stereocenters. The summed E-state index contributed by atoms with van der Waals surface area (Å²) in [6, 6.07) is 8.13. The van der Waals surface area contributed by atoms with Gasteiger partial charge in [0, 0.05) is 11.0 Å². The smallest absolute Gasteiger partial charge is 0.236 e. The molecule has 0 radical (unpaired) electrons. The van der Waals surface area contributed by atoms with Gasteiger partial charge in [0.15, 0.2) is 0 Å². The molecule has 2 atom stereocenters. The molecule has 19 heavy (non-hydrogen) atoms. The summed E-state index contributed by atoms with van der Waals surface area (Å²) in [5.41, 5.74) is 1.11. The standard InChI is InChI=1S/C14H19BrN2O2/c1-10-14(11-3-5-12(15)6-4-11)19-8-7-17(10)13(18)9-16-2/h3-6,10,14,16H,7-9H2,1-2H3. The van der Waals surface area contributed by atoms with Crippen LogP contribution in [0.25, 0.3) is 0 Å². The van der Waals surface area contributed by atoms with Crippen LogP contribution >= 0.6 is 15.9 Å². The van der Waals surface area contributed by atoms with Crippen LogP contribution in [0.5, 0.6) is 0 Å². The lowest BCUT2D eigenvalue weighted by atomic mass is 10.0. The first kappa shape index (κ1) is 14.5. The van der Waals surface area contributed by atoms with Crippen molar-refractivity contribution in [3.05, 3.63) is 34.3 Å². The minimum atomic E-state index is -0.0531. The second-order valence-corrected chi connectivity index (χ2v) is 5.62.